The molecule has 1 aromatic heterocycles. The Morgan fingerprint density at radius 3 is 2.96 bits per heavy atom. The molecule has 1 unspecified atom stereocenters. The highest BCUT2D eigenvalue weighted by Crippen LogP contribution is 2.21. The number of nitrogens with zero attached hydrogens (tertiary/aromatic N) is 3. The van der Waals surface area contributed by atoms with Crippen molar-refractivity contribution >= 4 is 29.0 Å². The van der Waals surface area contributed by atoms with Gasteiger partial charge in [-0.1, -0.05) is 53.8 Å². The summed E-state index contributed by atoms with van der Waals surface area (Å²) >= 11 is 2.88. The smallest absolute Gasteiger partial charge is 0.230 e. The summed E-state index contributed by atoms with van der Waals surface area (Å²) in [6.07, 6.45) is 3.90. The van der Waals surface area contributed by atoms with E-state index in [1.165, 1.54) is 60.0 Å². The molecule has 0 saturated carbocycles. The van der Waals surface area contributed by atoms with Crippen LogP contribution in [-0.4, -0.2) is 39.3 Å². The summed E-state index contributed by atoms with van der Waals surface area (Å²) in [5, 5.41) is 10.7. The Hall–Kier alpha value is -1.44. The van der Waals surface area contributed by atoms with Crippen LogP contribution in [0.5, 0.6) is 0 Å². The van der Waals surface area contributed by atoms with Crippen molar-refractivity contribution in [2.75, 3.05) is 12.3 Å². The van der Waals surface area contributed by atoms with Crippen molar-refractivity contribution in [2.45, 2.75) is 49.7 Å². The second kappa shape index (κ2) is 9.31. The lowest BCUT2D eigenvalue weighted by atomic mass is 10.0. The number of rotatable bonds is 7. The number of amides is 1. The van der Waals surface area contributed by atoms with Gasteiger partial charge in [0.15, 0.2) is 4.34 Å². The van der Waals surface area contributed by atoms with E-state index in [1.54, 1.807) is 5.51 Å². The van der Waals surface area contributed by atoms with Crippen molar-refractivity contribution < 1.29 is 4.79 Å². The van der Waals surface area contributed by atoms with Crippen molar-refractivity contribution in [3.8, 4) is 0 Å². The third-order valence-corrected chi connectivity index (χ3v) is 6.44. The number of carbonyl (C=O) groups is 1. The van der Waals surface area contributed by atoms with E-state index < -0.39 is 0 Å². The summed E-state index contributed by atoms with van der Waals surface area (Å²) in [5.41, 5.74) is 4.20. The van der Waals surface area contributed by atoms with Gasteiger partial charge >= 0.3 is 0 Å². The first-order valence-corrected chi connectivity index (χ1v) is 10.6. The number of nitrogens with one attached hydrogen (secondary N) is 1. The lowest BCUT2D eigenvalue weighted by Gasteiger charge is -2.33. The van der Waals surface area contributed by atoms with Gasteiger partial charge in [-0.2, -0.15) is 0 Å². The highest BCUT2D eigenvalue weighted by molar-refractivity contribution is 8.01. The molecule has 1 fully saturated rings. The van der Waals surface area contributed by atoms with Crippen LogP contribution < -0.4 is 5.32 Å². The van der Waals surface area contributed by atoms with Crippen molar-refractivity contribution in [3.63, 3.8) is 0 Å². The first-order chi connectivity index (χ1) is 12.2. The maximum Gasteiger partial charge on any atom is 0.230 e. The topological polar surface area (TPSA) is 58.1 Å². The molecule has 0 bridgehead atoms. The van der Waals surface area contributed by atoms with Gasteiger partial charge in [0.25, 0.3) is 0 Å². The Labute approximate surface area is 157 Å². The molecule has 0 radical (unpaired) electrons. The van der Waals surface area contributed by atoms with Crippen LogP contribution in [0.4, 0.5) is 0 Å². The molecule has 3 rings (SSSR count). The highest BCUT2D eigenvalue weighted by Gasteiger charge is 2.19. The van der Waals surface area contributed by atoms with Gasteiger partial charge in [0.05, 0.1) is 5.75 Å². The molecule has 25 heavy (non-hydrogen) atoms. The number of carbonyl (C=O) groups excluding carboxylic acids is 1. The van der Waals surface area contributed by atoms with E-state index in [1.807, 2.05) is 6.07 Å². The number of benzene rings is 1. The summed E-state index contributed by atoms with van der Waals surface area (Å²) in [6, 6.07) is 9.06. The minimum absolute atomic E-state index is 0.0290. The Balaban J connectivity index is 1.52. The molecule has 1 N–H and O–H groups in total. The van der Waals surface area contributed by atoms with Gasteiger partial charge < -0.3 is 5.32 Å². The van der Waals surface area contributed by atoms with Crippen molar-refractivity contribution in [1.29, 1.82) is 0 Å². The summed E-state index contributed by atoms with van der Waals surface area (Å²) < 4.78 is 0.828. The van der Waals surface area contributed by atoms with Gasteiger partial charge in [0.1, 0.15) is 5.51 Å². The molecule has 1 amide bonds. The average molecular weight is 377 g/mol. The lowest BCUT2D eigenvalue weighted by Crippen LogP contribution is -2.37. The zero-order valence-electron chi connectivity index (χ0n) is 14.5. The fourth-order valence-electron chi connectivity index (χ4n) is 3.09. The van der Waals surface area contributed by atoms with Gasteiger partial charge in [-0.25, -0.2) is 0 Å². The Kier molecular flexibility index (Phi) is 6.84. The Morgan fingerprint density at radius 2 is 2.20 bits per heavy atom. The number of thioether (sulfide) groups is 1. The second-order valence-electron chi connectivity index (χ2n) is 6.35. The monoisotopic (exact) mass is 376 g/mol. The normalized spacial score (nSPS) is 18.2. The predicted octanol–water partition coefficient (Wildman–Crippen LogP) is 3.32. The van der Waals surface area contributed by atoms with Crippen LogP contribution in [-0.2, 0) is 17.9 Å². The molecule has 1 saturated heterocycles. The van der Waals surface area contributed by atoms with E-state index in [2.05, 4.69) is 45.5 Å². The summed E-state index contributed by atoms with van der Waals surface area (Å²) in [6.45, 7) is 5.02. The van der Waals surface area contributed by atoms with Crippen LogP contribution >= 0.6 is 23.1 Å². The molecule has 1 atom stereocenters. The third kappa shape index (κ3) is 5.52. The van der Waals surface area contributed by atoms with Crippen LogP contribution in [0.3, 0.4) is 0 Å². The number of aromatic nitrogens is 2. The van der Waals surface area contributed by atoms with Gasteiger partial charge in [0.2, 0.25) is 5.91 Å². The van der Waals surface area contributed by atoms with Crippen LogP contribution in [0.15, 0.2) is 34.1 Å². The predicted molar refractivity (Wildman–Crippen MR) is 103 cm³/mol. The van der Waals surface area contributed by atoms with Gasteiger partial charge in [0, 0.05) is 19.1 Å². The maximum absolute atomic E-state index is 12.1. The average Bonchev–Trinajstić information content (AvgIpc) is 3.15. The molecule has 134 valence electrons. The molecule has 2 heterocycles. The van der Waals surface area contributed by atoms with Crippen LogP contribution in [0, 0.1) is 0 Å². The summed E-state index contributed by atoms with van der Waals surface area (Å²) in [5.74, 6) is 0.405. The fourth-order valence-corrected chi connectivity index (χ4v) is 4.41. The molecular weight excluding hydrogens is 352 g/mol. The van der Waals surface area contributed by atoms with Crippen LogP contribution in [0.2, 0.25) is 0 Å². The Morgan fingerprint density at radius 1 is 1.36 bits per heavy atom. The van der Waals surface area contributed by atoms with E-state index in [0.717, 1.165) is 10.9 Å². The number of likely N-dealkylation sites (tertiary alicyclic amines) is 1. The first-order valence-electron chi connectivity index (χ1n) is 8.69. The number of piperidine rings is 1. The molecule has 5 nitrogen and oxygen atoms in total. The minimum atomic E-state index is 0.0290. The second-order valence-corrected chi connectivity index (χ2v) is 8.41. The standard InChI is InChI=1S/C18H24N4OS2/c1-14-6-4-5-9-22(14)11-16-8-3-2-7-15(16)10-19-17(23)12-24-18-21-20-13-25-18/h2-3,7-8,13-14H,4-6,9-12H2,1H3,(H,19,23). The van der Waals surface area contributed by atoms with Crippen LogP contribution in [0.25, 0.3) is 0 Å². The molecule has 2 aromatic rings. The SMILES string of the molecule is CC1CCCCN1Cc1ccccc1CNC(=O)CSc1nncs1. The van der Waals surface area contributed by atoms with Gasteiger partial charge in [-0.3, -0.25) is 9.69 Å². The van der Waals surface area contributed by atoms with Crippen molar-refractivity contribution in [3.05, 3.63) is 40.9 Å². The number of hydrogen-bond acceptors (Lipinski definition) is 6. The highest BCUT2D eigenvalue weighted by atomic mass is 32.2. The lowest BCUT2D eigenvalue weighted by molar-refractivity contribution is -0.118. The van der Waals surface area contributed by atoms with Crippen molar-refractivity contribution in [1.82, 2.24) is 20.4 Å². The number of hydrogen-bond donors (Lipinski definition) is 1. The molecule has 7 heteroatoms. The quantitative estimate of drug-likeness (QED) is 0.751. The molecule has 1 aromatic carbocycles. The van der Waals surface area contributed by atoms with Gasteiger partial charge in [-0.15, -0.1) is 10.2 Å². The first kappa shape index (κ1) is 18.4. The van der Waals surface area contributed by atoms with E-state index in [0.29, 0.717) is 18.3 Å². The van der Waals surface area contributed by atoms with Crippen molar-refractivity contribution in [2.24, 2.45) is 0 Å². The zero-order chi connectivity index (χ0) is 17.5. The van der Waals surface area contributed by atoms with Crippen LogP contribution in [0.1, 0.15) is 37.3 Å². The summed E-state index contributed by atoms with van der Waals surface area (Å²) in [7, 11) is 0. The molecule has 1 aliphatic rings. The third-order valence-electron chi connectivity index (χ3n) is 4.58. The van der Waals surface area contributed by atoms with E-state index in [-0.39, 0.29) is 5.91 Å². The van der Waals surface area contributed by atoms with Gasteiger partial charge in [-0.05, 0) is 37.4 Å². The molecule has 0 aliphatic carbocycles. The zero-order valence-corrected chi connectivity index (χ0v) is 16.1. The maximum atomic E-state index is 12.1. The molecular formula is C18H24N4OS2. The largest absolute Gasteiger partial charge is 0.351 e. The van der Waals surface area contributed by atoms with E-state index in [4.69, 9.17) is 0 Å². The summed E-state index contributed by atoms with van der Waals surface area (Å²) in [4.78, 5) is 14.6. The molecule has 0 spiro atoms. The Bertz CT molecular complexity index is 677. The molecule has 1 aliphatic heterocycles. The van der Waals surface area contributed by atoms with E-state index in [9.17, 15) is 4.79 Å². The fraction of sp³-hybridized carbons (Fsp3) is 0.500. The minimum Gasteiger partial charge on any atom is -0.351 e. The van der Waals surface area contributed by atoms with E-state index >= 15 is 0 Å².